The number of amides is 2. The summed E-state index contributed by atoms with van der Waals surface area (Å²) >= 11 is 3.37. The number of anilines is 1. The normalized spacial score (nSPS) is 17.6. The van der Waals surface area contributed by atoms with E-state index in [1.54, 1.807) is 11.0 Å². The van der Waals surface area contributed by atoms with Crippen molar-refractivity contribution in [2.24, 2.45) is 0 Å². The minimum absolute atomic E-state index is 0.0183. The number of nitrogens with zero attached hydrogens (tertiary/aromatic N) is 1. The number of carbonyl (C=O) groups excluding carboxylic acids is 2. The number of carbonyl (C=O) groups is 2. The average molecular weight is 389 g/mol. The molecule has 0 bridgehead atoms. The first-order valence-electron chi connectivity index (χ1n) is 7.65. The lowest BCUT2D eigenvalue weighted by Crippen LogP contribution is -2.50. The molecule has 1 aliphatic heterocycles. The zero-order valence-electron chi connectivity index (χ0n) is 12.9. The summed E-state index contributed by atoms with van der Waals surface area (Å²) in [4.78, 5) is 26.0. The number of morpholine rings is 1. The van der Waals surface area contributed by atoms with Crippen molar-refractivity contribution in [3.05, 3.63) is 64.6 Å². The van der Waals surface area contributed by atoms with Crippen LogP contribution in [0, 0.1) is 0 Å². The highest BCUT2D eigenvalue weighted by Gasteiger charge is 2.27. The van der Waals surface area contributed by atoms with Crippen LogP contribution in [-0.2, 0) is 9.53 Å². The molecule has 2 aromatic carbocycles. The van der Waals surface area contributed by atoms with Crippen LogP contribution in [0.1, 0.15) is 10.4 Å². The highest BCUT2D eigenvalue weighted by molar-refractivity contribution is 9.10. The van der Waals surface area contributed by atoms with Crippen molar-refractivity contribution in [3.8, 4) is 0 Å². The van der Waals surface area contributed by atoms with Crippen molar-refractivity contribution < 1.29 is 14.3 Å². The van der Waals surface area contributed by atoms with E-state index in [0.717, 1.165) is 10.2 Å². The van der Waals surface area contributed by atoms with Crippen LogP contribution in [0.3, 0.4) is 0 Å². The summed E-state index contributed by atoms with van der Waals surface area (Å²) in [7, 11) is 0. The molecule has 24 heavy (non-hydrogen) atoms. The highest BCUT2D eigenvalue weighted by atomic mass is 79.9. The van der Waals surface area contributed by atoms with E-state index in [1.165, 1.54) is 0 Å². The van der Waals surface area contributed by atoms with Crippen molar-refractivity contribution in [3.63, 3.8) is 0 Å². The van der Waals surface area contributed by atoms with E-state index in [4.69, 9.17) is 4.74 Å². The average Bonchev–Trinajstić information content (AvgIpc) is 2.62. The molecule has 2 amide bonds. The molecule has 0 aliphatic carbocycles. The van der Waals surface area contributed by atoms with Gasteiger partial charge in [-0.05, 0) is 40.2 Å². The molecular weight excluding hydrogens is 372 g/mol. The SMILES string of the molecule is O=C(NCC1CN(c2ccccc2)C(=O)CO1)c1ccccc1Br. The molecule has 2 aromatic rings. The Kier molecular flexibility index (Phi) is 5.27. The summed E-state index contributed by atoms with van der Waals surface area (Å²) in [6, 6.07) is 16.7. The van der Waals surface area contributed by atoms with Gasteiger partial charge in [0.2, 0.25) is 0 Å². The van der Waals surface area contributed by atoms with Crippen LogP contribution in [0.2, 0.25) is 0 Å². The number of hydrogen-bond donors (Lipinski definition) is 1. The van der Waals surface area contributed by atoms with E-state index < -0.39 is 0 Å². The fraction of sp³-hybridized carbons (Fsp3) is 0.222. The summed E-state index contributed by atoms with van der Waals surface area (Å²) in [5.41, 5.74) is 1.41. The summed E-state index contributed by atoms with van der Waals surface area (Å²) in [5, 5.41) is 2.86. The molecule has 0 aromatic heterocycles. The van der Waals surface area contributed by atoms with Gasteiger partial charge in [-0.15, -0.1) is 0 Å². The van der Waals surface area contributed by atoms with Gasteiger partial charge in [-0.2, -0.15) is 0 Å². The molecule has 1 fully saturated rings. The highest BCUT2D eigenvalue weighted by Crippen LogP contribution is 2.18. The first-order chi connectivity index (χ1) is 11.6. The molecular formula is C18H17BrN2O3. The molecule has 1 saturated heterocycles. The van der Waals surface area contributed by atoms with Crippen molar-refractivity contribution in [2.75, 3.05) is 24.6 Å². The lowest BCUT2D eigenvalue weighted by Gasteiger charge is -2.32. The largest absolute Gasteiger partial charge is 0.365 e. The molecule has 1 aliphatic rings. The van der Waals surface area contributed by atoms with Crippen LogP contribution < -0.4 is 10.2 Å². The van der Waals surface area contributed by atoms with E-state index in [9.17, 15) is 9.59 Å². The van der Waals surface area contributed by atoms with E-state index in [-0.39, 0.29) is 24.5 Å². The Balaban J connectivity index is 1.61. The summed E-state index contributed by atoms with van der Waals surface area (Å²) in [6.07, 6.45) is -0.241. The van der Waals surface area contributed by atoms with Gasteiger partial charge in [0, 0.05) is 16.7 Å². The molecule has 1 unspecified atom stereocenters. The number of nitrogens with one attached hydrogen (secondary N) is 1. The third-order valence-corrected chi connectivity index (χ3v) is 4.50. The Labute approximate surface area is 148 Å². The van der Waals surface area contributed by atoms with Gasteiger partial charge in [-0.25, -0.2) is 0 Å². The van der Waals surface area contributed by atoms with Crippen LogP contribution in [0.4, 0.5) is 5.69 Å². The molecule has 1 atom stereocenters. The van der Waals surface area contributed by atoms with Gasteiger partial charge in [-0.3, -0.25) is 9.59 Å². The van der Waals surface area contributed by atoms with Gasteiger partial charge in [0.1, 0.15) is 6.61 Å². The predicted molar refractivity (Wildman–Crippen MR) is 95.0 cm³/mol. The molecule has 1 N–H and O–H groups in total. The standard InChI is InChI=1S/C18H17BrN2O3/c19-16-9-5-4-8-15(16)18(23)20-10-14-11-21(17(22)12-24-14)13-6-2-1-3-7-13/h1-9,14H,10-12H2,(H,20,23). The van der Waals surface area contributed by atoms with Crippen molar-refractivity contribution in [1.29, 1.82) is 0 Å². The van der Waals surface area contributed by atoms with Gasteiger partial charge in [0.25, 0.3) is 11.8 Å². The van der Waals surface area contributed by atoms with E-state index in [2.05, 4.69) is 21.2 Å². The van der Waals surface area contributed by atoms with Crippen LogP contribution in [-0.4, -0.2) is 37.6 Å². The summed E-state index contributed by atoms with van der Waals surface area (Å²) in [5.74, 6) is -0.246. The molecule has 6 heteroatoms. The van der Waals surface area contributed by atoms with Crippen LogP contribution in [0.25, 0.3) is 0 Å². The monoisotopic (exact) mass is 388 g/mol. The van der Waals surface area contributed by atoms with E-state index in [1.807, 2.05) is 48.5 Å². The van der Waals surface area contributed by atoms with Crippen molar-refractivity contribution in [1.82, 2.24) is 5.32 Å². The summed E-state index contributed by atoms with van der Waals surface area (Å²) in [6.45, 7) is 0.778. The maximum atomic E-state index is 12.2. The Bertz CT molecular complexity index is 736. The topological polar surface area (TPSA) is 58.6 Å². The van der Waals surface area contributed by atoms with Gasteiger partial charge < -0.3 is 15.0 Å². The second-order valence-electron chi connectivity index (χ2n) is 5.46. The number of rotatable bonds is 4. The van der Waals surface area contributed by atoms with E-state index >= 15 is 0 Å². The maximum Gasteiger partial charge on any atom is 0.253 e. The Morgan fingerprint density at radius 1 is 1.17 bits per heavy atom. The quantitative estimate of drug-likeness (QED) is 0.875. The molecule has 0 spiro atoms. The van der Waals surface area contributed by atoms with Gasteiger partial charge in [-0.1, -0.05) is 30.3 Å². The number of hydrogen-bond acceptors (Lipinski definition) is 3. The molecule has 124 valence electrons. The fourth-order valence-electron chi connectivity index (χ4n) is 2.55. The number of ether oxygens (including phenoxy) is 1. The maximum absolute atomic E-state index is 12.2. The van der Waals surface area contributed by atoms with Gasteiger partial charge >= 0.3 is 0 Å². The second kappa shape index (κ2) is 7.59. The minimum Gasteiger partial charge on any atom is -0.365 e. The van der Waals surface area contributed by atoms with E-state index in [0.29, 0.717) is 18.7 Å². The minimum atomic E-state index is -0.241. The molecule has 1 heterocycles. The van der Waals surface area contributed by atoms with Crippen LogP contribution >= 0.6 is 15.9 Å². The smallest absolute Gasteiger partial charge is 0.253 e. The number of para-hydroxylation sites is 1. The third-order valence-electron chi connectivity index (χ3n) is 3.81. The zero-order chi connectivity index (χ0) is 16.9. The summed E-state index contributed by atoms with van der Waals surface area (Å²) < 4.78 is 6.28. The van der Waals surface area contributed by atoms with Gasteiger partial charge in [0.15, 0.2) is 0 Å². The number of benzene rings is 2. The Morgan fingerprint density at radius 2 is 1.88 bits per heavy atom. The van der Waals surface area contributed by atoms with Crippen LogP contribution in [0.5, 0.6) is 0 Å². The molecule has 0 radical (unpaired) electrons. The zero-order valence-corrected chi connectivity index (χ0v) is 14.5. The Morgan fingerprint density at radius 3 is 2.62 bits per heavy atom. The molecule has 3 rings (SSSR count). The van der Waals surface area contributed by atoms with Gasteiger partial charge in [0.05, 0.1) is 18.2 Å². The van der Waals surface area contributed by atoms with Crippen LogP contribution in [0.15, 0.2) is 59.1 Å². The predicted octanol–water partition coefficient (Wildman–Crippen LogP) is 2.61. The first kappa shape index (κ1) is 16.7. The second-order valence-corrected chi connectivity index (χ2v) is 6.32. The van der Waals surface area contributed by atoms with Crippen molar-refractivity contribution in [2.45, 2.75) is 6.10 Å². The lowest BCUT2D eigenvalue weighted by molar-refractivity contribution is -0.129. The molecule has 5 nitrogen and oxygen atoms in total. The fourth-order valence-corrected chi connectivity index (χ4v) is 3.02. The Hall–Kier alpha value is -2.18. The van der Waals surface area contributed by atoms with Crippen molar-refractivity contribution >= 4 is 33.4 Å². The lowest BCUT2D eigenvalue weighted by atomic mass is 10.2. The molecule has 0 saturated carbocycles. The third kappa shape index (κ3) is 3.83. The first-order valence-corrected chi connectivity index (χ1v) is 8.44. The number of halogens is 1.